The van der Waals surface area contributed by atoms with Crippen molar-refractivity contribution in [1.82, 2.24) is 9.97 Å². The van der Waals surface area contributed by atoms with E-state index in [2.05, 4.69) is 34.3 Å². The van der Waals surface area contributed by atoms with Gasteiger partial charge in [0.1, 0.15) is 5.69 Å². The number of nitro benzene ring substituents is 1. The Hall–Kier alpha value is -3.26. The Labute approximate surface area is 167 Å². The van der Waals surface area contributed by atoms with Crippen molar-refractivity contribution in [3.05, 3.63) is 74.3 Å². The first-order valence-corrected chi connectivity index (χ1v) is 9.54. The van der Waals surface area contributed by atoms with Gasteiger partial charge in [-0.15, -0.1) is 0 Å². The molecule has 2 heterocycles. The lowest BCUT2D eigenvalue weighted by Gasteiger charge is -2.39. The normalized spacial score (nSPS) is 15.9. The summed E-state index contributed by atoms with van der Waals surface area (Å²) in [6.07, 6.45) is 2.95. The molecular formula is C21H22N4O4. The molecule has 8 nitrogen and oxygen atoms in total. The second kappa shape index (κ2) is 7.63. The summed E-state index contributed by atoms with van der Waals surface area (Å²) in [5.41, 5.74) is 2.48. The third-order valence-corrected chi connectivity index (χ3v) is 5.74. The molecular weight excluding hydrogens is 372 g/mol. The number of anilines is 1. The highest BCUT2D eigenvalue weighted by atomic mass is 16.6. The number of hydrogen-bond donors (Lipinski definition) is 2. The predicted molar refractivity (Wildman–Crippen MR) is 110 cm³/mol. The van der Waals surface area contributed by atoms with Crippen molar-refractivity contribution >= 4 is 22.3 Å². The van der Waals surface area contributed by atoms with E-state index < -0.39 is 10.5 Å². The van der Waals surface area contributed by atoms with Crippen LogP contribution in [0.4, 0.5) is 11.4 Å². The zero-order valence-corrected chi connectivity index (χ0v) is 16.1. The van der Waals surface area contributed by atoms with Crippen LogP contribution >= 0.6 is 0 Å². The van der Waals surface area contributed by atoms with Crippen LogP contribution in [0.2, 0.25) is 0 Å². The molecule has 150 valence electrons. The number of aromatic nitrogens is 2. The molecule has 0 spiro atoms. The third kappa shape index (κ3) is 3.58. The van der Waals surface area contributed by atoms with Gasteiger partial charge in [0.05, 0.1) is 22.2 Å². The molecule has 0 saturated carbocycles. The maximum Gasteiger partial charge on any atom is 0.293 e. The van der Waals surface area contributed by atoms with Gasteiger partial charge in [-0.05, 0) is 37.0 Å². The molecule has 8 heteroatoms. The fourth-order valence-electron chi connectivity index (χ4n) is 4.13. The lowest BCUT2D eigenvalue weighted by Crippen LogP contribution is -2.40. The predicted octanol–water partition coefficient (Wildman–Crippen LogP) is 3.30. The lowest BCUT2D eigenvalue weighted by atomic mass is 9.72. The van der Waals surface area contributed by atoms with Gasteiger partial charge in [0.25, 0.3) is 11.2 Å². The summed E-state index contributed by atoms with van der Waals surface area (Å²) in [7, 11) is 0. The van der Waals surface area contributed by atoms with Crippen molar-refractivity contribution in [2.45, 2.75) is 25.2 Å². The van der Waals surface area contributed by atoms with E-state index in [0.717, 1.165) is 12.8 Å². The number of aryl methyl sites for hydroxylation is 1. The molecule has 4 rings (SSSR count). The molecule has 0 amide bonds. The molecule has 0 radical (unpaired) electrons. The van der Waals surface area contributed by atoms with Crippen LogP contribution in [0.3, 0.4) is 0 Å². The Bertz CT molecular complexity index is 1120. The van der Waals surface area contributed by atoms with Gasteiger partial charge in [0.2, 0.25) is 0 Å². The quantitative estimate of drug-likeness (QED) is 0.507. The lowest BCUT2D eigenvalue weighted by molar-refractivity contribution is -0.383. The first-order chi connectivity index (χ1) is 14.0. The molecule has 0 aliphatic carbocycles. The van der Waals surface area contributed by atoms with Gasteiger partial charge >= 0.3 is 0 Å². The number of nitrogens with one attached hydrogen (secondary N) is 2. The topological polar surface area (TPSA) is 110 Å². The number of nitrogens with zero attached hydrogens (tertiary/aromatic N) is 2. The highest BCUT2D eigenvalue weighted by Gasteiger charge is 2.36. The van der Waals surface area contributed by atoms with Gasteiger partial charge in [-0.3, -0.25) is 14.9 Å². The number of ether oxygens (including phenoxy) is 1. The van der Waals surface area contributed by atoms with Crippen molar-refractivity contribution in [3.63, 3.8) is 0 Å². The van der Waals surface area contributed by atoms with Crippen LogP contribution < -0.4 is 10.9 Å². The second-order valence-corrected chi connectivity index (χ2v) is 7.44. The molecule has 0 unspecified atom stereocenters. The smallest absolute Gasteiger partial charge is 0.293 e. The Morgan fingerprint density at radius 2 is 2.03 bits per heavy atom. The summed E-state index contributed by atoms with van der Waals surface area (Å²) in [6.45, 7) is 3.90. The van der Waals surface area contributed by atoms with Gasteiger partial charge in [-0.2, -0.15) is 0 Å². The summed E-state index contributed by atoms with van der Waals surface area (Å²) in [5, 5.41) is 15.1. The van der Waals surface area contributed by atoms with Crippen LogP contribution in [0.15, 0.2) is 47.5 Å². The zero-order valence-electron chi connectivity index (χ0n) is 16.1. The van der Waals surface area contributed by atoms with Gasteiger partial charge in [0, 0.05) is 31.2 Å². The average Bonchev–Trinajstić information content (AvgIpc) is 2.73. The first kappa shape index (κ1) is 19.1. The van der Waals surface area contributed by atoms with E-state index >= 15 is 0 Å². The van der Waals surface area contributed by atoms with E-state index in [0.29, 0.717) is 31.0 Å². The van der Waals surface area contributed by atoms with E-state index in [1.54, 1.807) is 6.07 Å². The molecule has 2 N–H and O–H groups in total. The number of rotatable bonds is 5. The maximum atomic E-state index is 12.0. The molecule has 29 heavy (non-hydrogen) atoms. The van der Waals surface area contributed by atoms with Crippen molar-refractivity contribution in [2.75, 3.05) is 25.1 Å². The minimum absolute atomic E-state index is 0.136. The van der Waals surface area contributed by atoms with E-state index in [1.165, 1.54) is 23.5 Å². The molecule has 2 aromatic carbocycles. The van der Waals surface area contributed by atoms with Crippen LogP contribution in [-0.4, -0.2) is 34.6 Å². The van der Waals surface area contributed by atoms with Crippen LogP contribution in [-0.2, 0) is 10.2 Å². The molecule has 1 aliphatic heterocycles. The van der Waals surface area contributed by atoms with E-state index in [4.69, 9.17) is 4.74 Å². The summed E-state index contributed by atoms with van der Waals surface area (Å²) >= 11 is 0. The van der Waals surface area contributed by atoms with Gasteiger partial charge in [-0.25, -0.2) is 4.98 Å². The minimum atomic E-state index is -0.474. The Morgan fingerprint density at radius 3 is 2.76 bits per heavy atom. The standard InChI is InChI=1S/C21H22N4O4/c1-14-4-2-3-5-16(14)21(6-8-29-9-7-21)12-22-18-11-17-15(10-19(18)25(27)28)20(26)24-13-23-17/h2-5,10-11,13,22H,6-9,12H2,1H3,(H,23,24,26). The van der Waals surface area contributed by atoms with Crippen molar-refractivity contribution < 1.29 is 9.66 Å². The highest BCUT2D eigenvalue weighted by Crippen LogP contribution is 2.38. The van der Waals surface area contributed by atoms with Gasteiger partial charge in [-0.1, -0.05) is 24.3 Å². The minimum Gasteiger partial charge on any atom is -0.381 e. The Morgan fingerprint density at radius 1 is 1.28 bits per heavy atom. The summed E-state index contributed by atoms with van der Waals surface area (Å²) in [6, 6.07) is 11.1. The van der Waals surface area contributed by atoms with Crippen LogP contribution in [0.25, 0.3) is 10.9 Å². The van der Waals surface area contributed by atoms with Crippen molar-refractivity contribution in [1.29, 1.82) is 0 Å². The van der Waals surface area contributed by atoms with Crippen molar-refractivity contribution in [3.8, 4) is 0 Å². The van der Waals surface area contributed by atoms with Crippen molar-refractivity contribution in [2.24, 2.45) is 0 Å². The van der Waals surface area contributed by atoms with E-state index in [9.17, 15) is 14.9 Å². The number of fused-ring (bicyclic) bond motifs is 1. The SMILES string of the molecule is Cc1ccccc1C1(CNc2cc3nc[nH]c(=O)c3cc2[N+](=O)[O-])CCOCC1. The van der Waals surface area contributed by atoms with Crippen LogP contribution in [0.5, 0.6) is 0 Å². The molecule has 1 aromatic heterocycles. The second-order valence-electron chi connectivity index (χ2n) is 7.44. The number of aromatic amines is 1. The number of hydrogen-bond acceptors (Lipinski definition) is 6. The zero-order chi connectivity index (χ0) is 20.4. The fourth-order valence-corrected chi connectivity index (χ4v) is 4.13. The fraction of sp³-hybridized carbons (Fsp3) is 0.333. The van der Waals surface area contributed by atoms with E-state index in [-0.39, 0.29) is 16.5 Å². The van der Waals surface area contributed by atoms with E-state index in [1.807, 2.05) is 12.1 Å². The summed E-state index contributed by atoms with van der Waals surface area (Å²) < 4.78 is 5.59. The monoisotopic (exact) mass is 394 g/mol. The number of H-pyrrole nitrogens is 1. The number of benzene rings is 2. The number of nitro groups is 1. The molecule has 1 fully saturated rings. The molecule has 3 aromatic rings. The Kier molecular flexibility index (Phi) is 5.02. The Balaban J connectivity index is 1.73. The van der Waals surface area contributed by atoms with Crippen LogP contribution in [0, 0.1) is 17.0 Å². The van der Waals surface area contributed by atoms with Gasteiger partial charge < -0.3 is 15.0 Å². The molecule has 0 bridgehead atoms. The largest absolute Gasteiger partial charge is 0.381 e. The molecule has 1 saturated heterocycles. The summed E-state index contributed by atoms with van der Waals surface area (Å²) in [5.74, 6) is 0. The molecule has 1 aliphatic rings. The summed E-state index contributed by atoms with van der Waals surface area (Å²) in [4.78, 5) is 29.8. The maximum absolute atomic E-state index is 12.0. The average molecular weight is 394 g/mol. The third-order valence-electron chi connectivity index (χ3n) is 5.74. The highest BCUT2D eigenvalue weighted by molar-refractivity contribution is 5.86. The molecule has 0 atom stereocenters. The first-order valence-electron chi connectivity index (χ1n) is 9.54. The van der Waals surface area contributed by atoms with Crippen LogP contribution in [0.1, 0.15) is 24.0 Å². The van der Waals surface area contributed by atoms with Gasteiger partial charge in [0.15, 0.2) is 0 Å².